The number of rotatable bonds is 5. The first-order valence-electron chi connectivity index (χ1n) is 6.44. The highest BCUT2D eigenvalue weighted by Crippen LogP contribution is 2.27. The van der Waals surface area contributed by atoms with E-state index in [1.807, 2.05) is 37.4 Å². The largest absolute Gasteiger partial charge is 0.316 e. The number of hydrogen-bond donors (Lipinski definition) is 1. The molecule has 0 aromatic heterocycles. The van der Waals surface area contributed by atoms with E-state index in [0.29, 0.717) is 10.0 Å². The number of halogens is 3. The van der Waals surface area contributed by atoms with Gasteiger partial charge in [-0.15, -0.1) is 0 Å². The molecule has 20 heavy (non-hydrogen) atoms. The summed E-state index contributed by atoms with van der Waals surface area (Å²) in [5.74, 6) is 0. The van der Waals surface area contributed by atoms with Gasteiger partial charge in [-0.05, 0) is 49.2 Å². The Hall–Kier alpha value is -0.730. The van der Waals surface area contributed by atoms with Gasteiger partial charge in [0.05, 0.1) is 10.0 Å². The molecule has 0 saturated carbocycles. The summed E-state index contributed by atoms with van der Waals surface area (Å²) < 4.78 is 0. The second-order valence-corrected chi connectivity index (χ2v) is 5.96. The van der Waals surface area contributed by atoms with Crippen molar-refractivity contribution >= 4 is 34.8 Å². The Morgan fingerprint density at radius 2 is 1.75 bits per heavy atom. The van der Waals surface area contributed by atoms with E-state index in [9.17, 15) is 0 Å². The predicted octanol–water partition coefficient (Wildman–Crippen LogP) is 5.02. The highest BCUT2D eigenvalue weighted by molar-refractivity contribution is 6.42. The Bertz CT molecular complexity index is 584. The Morgan fingerprint density at radius 3 is 2.45 bits per heavy atom. The minimum atomic E-state index is 0.282. The molecule has 4 heteroatoms. The van der Waals surface area contributed by atoms with Crippen molar-refractivity contribution in [1.29, 1.82) is 0 Å². The number of hydrogen-bond acceptors (Lipinski definition) is 1. The quantitative estimate of drug-likeness (QED) is 0.812. The van der Waals surface area contributed by atoms with Gasteiger partial charge in [-0.25, -0.2) is 0 Å². The van der Waals surface area contributed by atoms with Crippen LogP contribution in [0.1, 0.15) is 11.1 Å². The van der Waals surface area contributed by atoms with Crippen LogP contribution >= 0.6 is 34.8 Å². The molecule has 2 aromatic rings. The fraction of sp³-hybridized carbons (Fsp3) is 0.250. The lowest BCUT2D eigenvalue weighted by molar-refractivity contribution is 0.556. The molecule has 0 aliphatic heterocycles. The molecule has 0 spiro atoms. The summed E-state index contributed by atoms with van der Waals surface area (Å²) in [4.78, 5) is 0. The zero-order chi connectivity index (χ0) is 14.5. The minimum absolute atomic E-state index is 0.282. The topological polar surface area (TPSA) is 12.0 Å². The highest BCUT2D eigenvalue weighted by Gasteiger charge is 2.12. The summed E-state index contributed by atoms with van der Waals surface area (Å²) in [5, 5.41) is 5.32. The molecular weight excluding hydrogens is 313 g/mol. The van der Waals surface area contributed by atoms with Crippen LogP contribution < -0.4 is 5.32 Å². The first kappa shape index (κ1) is 15.7. The molecular formula is C16H16Cl3N. The lowest BCUT2D eigenvalue weighted by Crippen LogP contribution is -2.30. The van der Waals surface area contributed by atoms with Gasteiger partial charge in [0.2, 0.25) is 0 Å². The van der Waals surface area contributed by atoms with E-state index in [0.717, 1.165) is 23.4 Å². The standard InChI is InChI=1S/C16H16Cl3N/c1-20-14(9-11-4-2-6-13(17)8-11)10-12-5-3-7-15(18)16(12)19/h2-8,14,20H,9-10H2,1H3. The maximum absolute atomic E-state index is 6.24. The lowest BCUT2D eigenvalue weighted by atomic mass is 9.99. The van der Waals surface area contributed by atoms with Crippen molar-refractivity contribution in [2.24, 2.45) is 0 Å². The molecule has 1 unspecified atom stereocenters. The smallest absolute Gasteiger partial charge is 0.0624 e. The molecule has 0 radical (unpaired) electrons. The van der Waals surface area contributed by atoms with Gasteiger partial charge in [0, 0.05) is 11.1 Å². The predicted molar refractivity (Wildman–Crippen MR) is 88.2 cm³/mol. The summed E-state index contributed by atoms with van der Waals surface area (Å²) in [6.07, 6.45) is 1.71. The summed E-state index contributed by atoms with van der Waals surface area (Å²) in [6, 6.07) is 13.9. The molecule has 1 N–H and O–H groups in total. The van der Waals surface area contributed by atoms with Crippen LogP contribution in [0.2, 0.25) is 15.1 Å². The van der Waals surface area contributed by atoms with Crippen LogP contribution in [0.5, 0.6) is 0 Å². The Balaban J connectivity index is 2.11. The average Bonchev–Trinajstić information content (AvgIpc) is 2.43. The summed E-state index contributed by atoms with van der Waals surface area (Å²) in [5.41, 5.74) is 2.26. The van der Waals surface area contributed by atoms with E-state index in [-0.39, 0.29) is 6.04 Å². The maximum Gasteiger partial charge on any atom is 0.0624 e. The normalized spacial score (nSPS) is 12.4. The zero-order valence-corrected chi connectivity index (χ0v) is 13.4. The summed E-state index contributed by atoms with van der Waals surface area (Å²) >= 11 is 18.3. The van der Waals surface area contributed by atoms with E-state index in [4.69, 9.17) is 34.8 Å². The molecule has 0 fully saturated rings. The minimum Gasteiger partial charge on any atom is -0.316 e. The fourth-order valence-electron chi connectivity index (χ4n) is 2.20. The molecule has 1 atom stereocenters. The second kappa shape index (κ2) is 7.33. The fourth-order valence-corrected chi connectivity index (χ4v) is 2.81. The van der Waals surface area contributed by atoms with Crippen molar-refractivity contribution < 1.29 is 0 Å². The van der Waals surface area contributed by atoms with Crippen LogP contribution in [-0.4, -0.2) is 13.1 Å². The third-order valence-corrected chi connectivity index (χ3v) is 4.37. The van der Waals surface area contributed by atoms with Gasteiger partial charge in [-0.3, -0.25) is 0 Å². The SMILES string of the molecule is CNC(Cc1cccc(Cl)c1)Cc1cccc(Cl)c1Cl. The van der Waals surface area contributed by atoms with Gasteiger partial charge in [-0.1, -0.05) is 59.1 Å². The third-order valence-electron chi connectivity index (χ3n) is 3.28. The van der Waals surface area contributed by atoms with Crippen LogP contribution in [0.15, 0.2) is 42.5 Å². The molecule has 0 saturated heterocycles. The van der Waals surface area contributed by atoms with E-state index < -0.39 is 0 Å². The van der Waals surface area contributed by atoms with Crippen molar-refractivity contribution in [2.45, 2.75) is 18.9 Å². The number of nitrogens with one attached hydrogen (secondary N) is 1. The van der Waals surface area contributed by atoms with Gasteiger partial charge in [0.25, 0.3) is 0 Å². The monoisotopic (exact) mass is 327 g/mol. The molecule has 2 rings (SSSR count). The number of benzene rings is 2. The molecule has 0 amide bonds. The highest BCUT2D eigenvalue weighted by atomic mass is 35.5. The van der Waals surface area contributed by atoms with Crippen LogP contribution in [0.4, 0.5) is 0 Å². The van der Waals surface area contributed by atoms with Crippen molar-refractivity contribution in [2.75, 3.05) is 7.05 Å². The molecule has 0 bridgehead atoms. The Labute approximate surface area is 134 Å². The first-order valence-corrected chi connectivity index (χ1v) is 7.58. The van der Waals surface area contributed by atoms with Gasteiger partial charge >= 0.3 is 0 Å². The molecule has 0 aliphatic carbocycles. The Morgan fingerprint density at radius 1 is 1.00 bits per heavy atom. The average molecular weight is 329 g/mol. The molecule has 0 aliphatic rings. The Kier molecular flexibility index (Phi) is 5.74. The van der Waals surface area contributed by atoms with Gasteiger partial charge in [0.1, 0.15) is 0 Å². The van der Waals surface area contributed by atoms with Gasteiger partial charge in [0.15, 0.2) is 0 Å². The molecule has 0 heterocycles. The number of likely N-dealkylation sites (N-methyl/N-ethyl adjacent to an activating group) is 1. The van der Waals surface area contributed by atoms with Crippen LogP contribution in [0.3, 0.4) is 0 Å². The van der Waals surface area contributed by atoms with E-state index in [1.54, 1.807) is 6.07 Å². The van der Waals surface area contributed by atoms with Crippen molar-refractivity contribution in [3.63, 3.8) is 0 Å². The summed E-state index contributed by atoms with van der Waals surface area (Å²) in [7, 11) is 1.95. The van der Waals surface area contributed by atoms with E-state index >= 15 is 0 Å². The summed E-state index contributed by atoms with van der Waals surface area (Å²) in [6.45, 7) is 0. The lowest BCUT2D eigenvalue weighted by Gasteiger charge is -2.17. The maximum atomic E-state index is 6.24. The van der Waals surface area contributed by atoms with Crippen molar-refractivity contribution in [3.8, 4) is 0 Å². The van der Waals surface area contributed by atoms with Crippen LogP contribution in [0.25, 0.3) is 0 Å². The molecule has 1 nitrogen and oxygen atoms in total. The van der Waals surface area contributed by atoms with Gasteiger partial charge in [-0.2, -0.15) is 0 Å². The zero-order valence-electron chi connectivity index (χ0n) is 11.2. The van der Waals surface area contributed by atoms with Crippen LogP contribution in [-0.2, 0) is 12.8 Å². The second-order valence-electron chi connectivity index (χ2n) is 4.74. The molecule has 2 aromatic carbocycles. The third kappa shape index (κ3) is 4.13. The van der Waals surface area contributed by atoms with E-state index in [2.05, 4.69) is 11.4 Å². The van der Waals surface area contributed by atoms with Gasteiger partial charge < -0.3 is 5.32 Å². The van der Waals surface area contributed by atoms with E-state index in [1.165, 1.54) is 5.56 Å². The molecule has 106 valence electrons. The van der Waals surface area contributed by atoms with Crippen LogP contribution in [0, 0.1) is 0 Å². The first-order chi connectivity index (χ1) is 9.60. The van der Waals surface area contributed by atoms with Crippen molar-refractivity contribution in [1.82, 2.24) is 5.32 Å². The van der Waals surface area contributed by atoms with Crippen molar-refractivity contribution in [3.05, 3.63) is 68.7 Å².